The van der Waals surface area contributed by atoms with Crippen molar-refractivity contribution in [2.24, 2.45) is 7.05 Å². The van der Waals surface area contributed by atoms with E-state index in [1.807, 2.05) is 0 Å². The van der Waals surface area contributed by atoms with Gasteiger partial charge < -0.3 is 10.1 Å². The van der Waals surface area contributed by atoms with Crippen molar-refractivity contribution in [1.82, 2.24) is 14.8 Å². The lowest BCUT2D eigenvalue weighted by Gasteiger charge is -2.04. The Balaban J connectivity index is 2.32. The highest BCUT2D eigenvalue weighted by Gasteiger charge is 2.11. The van der Waals surface area contributed by atoms with Crippen LogP contribution in [0.4, 0.5) is 11.4 Å². The van der Waals surface area contributed by atoms with Crippen molar-refractivity contribution in [3.05, 3.63) is 34.6 Å². The summed E-state index contributed by atoms with van der Waals surface area (Å²) >= 11 is 0. The molecule has 0 amide bonds. The third-order valence-corrected chi connectivity index (χ3v) is 2.18. The molecule has 1 heterocycles. The maximum absolute atomic E-state index is 10.8. The zero-order valence-corrected chi connectivity index (χ0v) is 9.82. The zero-order chi connectivity index (χ0) is 13.1. The Labute approximate surface area is 102 Å². The average Bonchev–Trinajstić information content (AvgIpc) is 2.74. The maximum atomic E-state index is 10.8. The van der Waals surface area contributed by atoms with E-state index in [4.69, 9.17) is 4.74 Å². The van der Waals surface area contributed by atoms with Crippen LogP contribution in [0.15, 0.2) is 24.5 Å². The van der Waals surface area contributed by atoms with Gasteiger partial charge >= 0.3 is 6.01 Å². The molecule has 0 fully saturated rings. The lowest BCUT2D eigenvalue weighted by atomic mass is 10.2. The molecule has 1 aromatic heterocycles. The largest absolute Gasteiger partial charge is 0.423 e. The fraction of sp³-hybridized carbons (Fsp3) is 0.200. The number of non-ortho nitro benzene ring substituents is 1. The van der Waals surface area contributed by atoms with Gasteiger partial charge in [-0.05, 0) is 0 Å². The van der Waals surface area contributed by atoms with Gasteiger partial charge in [-0.2, -0.15) is 4.98 Å². The summed E-state index contributed by atoms with van der Waals surface area (Å²) < 4.78 is 6.82. The standard InChI is InChI=1S/C10H11N5O3/c1-11-7-3-8(15(16)17)5-9(4-7)18-10-12-6-14(2)13-10/h3-6,11H,1-2H3. The van der Waals surface area contributed by atoms with Crippen LogP contribution in [0.1, 0.15) is 0 Å². The van der Waals surface area contributed by atoms with E-state index < -0.39 is 4.92 Å². The number of nitro benzene ring substituents is 1. The lowest BCUT2D eigenvalue weighted by molar-refractivity contribution is -0.384. The second-order valence-corrected chi connectivity index (χ2v) is 3.53. The van der Waals surface area contributed by atoms with E-state index in [2.05, 4.69) is 15.4 Å². The van der Waals surface area contributed by atoms with E-state index >= 15 is 0 Å². The monoisotopic (exact) mass is 249 g/mol. The van der Waals surface area contributed by atoms with Crippen molar-refractivity contribution in [3.8, 4) is 11.8 Å². The second kappa shape index (κ2) is 4.70. The third kappa shape index (κ3) is 2.54. The Hall–Kier alpha value is -2.64. The van der Waals surface area contributed by atoms with Crippen molar-refractivity contribution in [3.63, 3.8) is 0 Å². The molecule has 18 heavy (non-hydrogen) atoms. The summed E-state index contributed by atoms with van der Waals surface area (Å²) in [6, 6.07) is 4.50. The van der Waals surface area contributed by atoms with Crippen LogP contribution in [0.5, 0.6) is 11.8 Å². The van der Waals surface area contributed by atoms with Crippen molar-refractivity contribution in [1.29, 1.82) is 0 Å². The molecule has 8 nitrogen and oxygen atoms in total. The quantitative estimate of drug-likeness (QED) is 0.652. The first-order valence-electron chi connectivity index (χ1n) is 5.09. The summed E-state index contributed by atoms with van der Waals surface area (Å²) in [7, 11) is 3.37. The molecule has 0 unspecified atom stereocenters. The fourth-order valence-electron chi connectivity index (χ4n) is 1.36. The van der Waals surface area contributed by atoms with Crippen LogP contribution in [0.25, 0.3) is 0 Å². The Bertz CT molecular complexity index is 581. The first-order valence-corrected chi connectivity index (χ1v) is 5.09. The number of nitrogens with zero attached hydrogens (tertiary/aromatic N) is 4. The van der Waals surface area contributed by atoms with Crippen LogP contribution in [0.3, 0.4) is 0 Å². The summed E-state index contributed by atoms with van der Waals surface area (Å²) in [5.41, 5.74) is 0.517. The van der Waals surface area contributed by atoms with Gasteiger partial charge in [0.05, 0.1) is 11.0 Å². The number of hydrogen-bond donors (Lipinski definition) is 1. The molecule has 0 bridgehead atoms. The molecule has 1 aromatic carbocycles. The van der Waals surface area contributed by atoms with Crippen molar-refractivity contribution in [2.45, 2.75) is 0 Å². The number of nitrogens with one attached hydrogen (secondary N) is 1. The van der Waals surface area contributed by atoms with Gasteiger partial charge in [-0.1, -0.05) is 0 Å². The summed E-state index contributed by atoms with van der Waals surface area (Å²) in [6.07, 6.45) is 1.48. The molecular formula is C10H11N5O3. The zero-order valence-electron chi connectivity index (χ0n) is 9.82. The van der Waals surface area contributed by atoms with Gasteiger partial charge in [0, 0.05) is 31.9 Å². The minimum Gasteiger partial charge on any atom is -0.423 e. The van der Waals surface area contributed by atoms with Crippen LogP contribution in [0, 0.1) is 10.1 Å². The van der Waals surface area contributed by atoms with E-state index in [0.29, 0.717) is 11.4 Å². The topological polar surface area (TPSA) is 95.1 Å². The van der Waals surface area contributed by atoms with E-state index in [0.717, 1.165) is 0 Å². The van der Waals surface area contributed by atoms with Crippen LogP contribution in [-0.4, -0.2) is 26.7 Å². The number of rotatable bonds is 4. The minimum atomic E-state index is -0.487. The molecule has 0 radical (unpaired) electrons. The van der Waals surface area contributed by atoms with E-state index in [1.54, 1.807) is 20.2 Å². The smallest absolute Gasteiger partial charge is 0.340 e. The van der Waals surface area contributed by atoms with Gasteiger partial charge in [0.15, 0.2) is 0 Å². The van der Waals surface area contributed by atoms with Gasteiger partial charge in [0.25, 0.3) is 5.69 Å². The number of nitro groups is 1. The molecule has 0 aliphatic rings. The molecular weight excluding hydrogens is 238 g/mol. The number of aromatic nitrogens is 3. The minimum absolute atomic E-state index is 0.0622. The molecule has 0 atom stereocenters. The van der Waals surface area contributed by atoms with Crippen LogP contribution < -0.4 is 10.1 Å². The molecule has 0 saturated carbocycles. The van der Waals surface area contributed by atoms with E-state index in [1.165, 1.54) is 23.1 Å². The lowest BCUT2D eigenvalue weighted by Crippen LogP contribution is -1.95. The van der Waals surface area contributed by atoms with Gasteiger partial charge in [0.1, 0.15) is 12.1 Å². The Morgan fingerprint density at radius 2 is 2.22 bits per heavy atom. The molecule has 94 valence electrons. The normalized spacial score (nSPS) is 10.1. The van der Waals surface area contributed by atoms with Gasteiger partial charge in [-0.3, -0.25) is 14.8 Å². The van der Waals surface area contributed by atoms with Crippen LogP contribution >= 0.6 is 0 Å². The fourth-order valence-corrected chi connectivity index (χ4v) is 1.36. The molecule has 0 spiro atoms. The molecule has 0 aliphatic carbocycles. The highest BCUT2D eigenvalue weighted by Crippen LogP contribution is 2.27. The molecule has 0 saturated heterocycles. The summed E-state index contributed by atoms with van der Waals surface area (Å²) in [4.78, 5) is 14.2. The SMILES string of the molecule is CNc1cc(Oc2ncn(C)n2)cc([N+](=O)[O-])c1. The summed E-state index contributed by atoms with van der Waals surface area (Å²) in [5.74, 6) is 0.305. The molecule has 2 rings (SSSR count). The first kappa shape index (κ1) is 11.8. The summed E-state index contributed by atoms with van der Waals surface area (Å²) in [6.45, 7) is 0. The highest BCUT2D eigenvalue weighted by molar-refractivity contribution is 5.56. The molecule has 8 heteroatoms. The second-order valence-electron chi connectivity index (χ2n) is 3.53. The number of hydrogen-bond acceptors (Lipinski definition) is 6. The average molecular weight is 249 g/mol. The molecule has 2 aromatic rings. The van der Waals surface area contributed by atoms with Gasteiger partial charge in [0.2, 0.25) is 0 Å². The van der Waals surface area contributed by atoms with Crippen LogP contribution in [-0.2, 0) is 7.05 Å². The Morgan fingerprint density at radius 3 is 2.78 bits per heavy atom. The van der Waals surface area contributed by atoms with Gasteiger partial charge in [-0.15, -0.1) is 5.10 Å². The first-order chi connectivity index (χ1) is 8.58. The number of benzene rings is 1. The van der Waals surface area contributed by atoms with E-state index in [9.17, 15) is 10.1 Å². The summed E-state index contributed by atoms with van der Waals surface area (Å²) in [5, 5.41) is 17.5. The highest BCUT2D eigenvalue weighted by atomic mass is 16.6. The predicted octanol–water partition coefficient (Wildman–Crippen LogP) is 1.56. The number of aryl methyl sites for hydroxylation is 1. The third-order valence-electron chi connectivity index (χ3n) is 2.18. The molecule has 0 aliphatic heterocycles. The van der Waals surface area contributed by atoms with Crippen molar-refractivity contribution in [2.75, 3.05) is 12.4 Å². The van der Waals surface area contributed by atoms with Gasteiger partial charge in [-0.25, -0.2) is 0 Å². The van der Waals surface area contributed by atoms with E-state index in [-0.39, 0.29) is 11.7 Å². The van der Waals surface area contributed by atoms with Crippen LogP contribution in [0.2, 0.25) is 0 Å². The Kier molecular flexibility index (Phi) is 3.09. The molecule has 1 N–H and O–H groups in total. The number of anilines is 1. The maximum Gasteiger partial charge on any atom is 0.340 e. The Morgan fingerprint density at radius 1 is 1.44 bits per heavy atom. The predicted molar refractivity (Wildman–Crippen MR) is 63.7 cm³/mol. The van der Waals surface area contributed by atoms with Crippen molar-refractivity contribution < 1.29 is 9.66 Å². The number of ether oxygens (including phenoxy) is 1. The van der Waals surface area contributed by atoms with Crippen molar-refractivity contribution >= 4 is 11.4 Å².